The van der Waals surface area contributed by atoms with E-state index in [1.165, 1.54) is 7.11 Å². The monoisotopic (exact) mass is 442 g/mol. The summed E-state index contributed by atoms with van der Waals surface area (Å²) in [5, 5.41) is 1.59. The van der Waals surface area contributed by atoms with E-state index in [-0.39, 0.29) is 24.8 Å². The highest BCUT2D eigenvalue weighted by atomic mass is 35.5. The number of amides is 1. The Hall–Kier alpha value is -3.19. The summed E-state index contributed by atoms with van der Waals surface area (Å²) in [6, 6.07) is 13.0. The van der Waals surface area contributed by atoms with Gasteiger partial charge in [-0.05, 0) is 42.7 Å². The first-order valence-corrected chi connectivity index (χ1v) is 10.4. The standard InChI is InChI=1S/C23H23ClN2O5/c1-14(26-12-20(31-23(26)28)15-5-3-6-17(24)10-15)9-16-11-25-22-18(16)7-4-8-19(22)30-13-21(27)29-2/h3-8,10-11,14,20,25H,9,12-13H2,1-2H3/t14-,20+/m1/s1. The smallest absolute Gasteiger partial charge is 0.410 e. The zero-order valence-electron chi connectivity index (χ0n) is 17.3. The lowest BCUT2D eigenvalue weighted by Gasteiger charge is -2.21. The minimum absolute atomic E-state index is 0.0738. The van der Waals surface area contributed by atoms with Crippen molar-refractivity contribution in [3.05, 3.63) is 64.8 Å². The topological polar surface area (TPSA) is 80.9 Å². The molecule has 1 N–H and O–H groups in total. The molecule has 0 unspecified atom stereocenters. The normalized spacial score (nSPS) is 16.9. The number of fused-ring (bicyclic) bond motifs is 1. The Kier molecular flexibility index (Phi) is 6.04. The molecule has 0 aliphatic carbocycles. The first-order valence-electron chi connectivity index (χ1n) is 9.97. The van der Waals surface area contributed by atoms with Crippen molar-refractivity contribution in [3.63, 3.8) is 0 Å². The molecule has 31 heavy (non-hydrogen) atoms. The second-order valence-corrected chi connectivity index (χ2v) is 7.93. The van der Waals surface area contributed by atoms with Crippen LogP contribution in [-0.4, -0.2) is 48.2 Å². The molecule has 1 amide bonds. The average Bonchev–Trinajstić information content (AvgIpc) is 3.36. The van der Waals surface area contributed by atoms with Gasteiger partial charge in [0, 0.05) is 22.6 Å². The number of cyclic esters (lactones) is 1. The maximum absolute atomic E-state index is 12.5. The van der Waals surface area contributed by atoms with Crippen LogP contribution in [0.2, 0.25) is 5.02 Å². The Bertz CT molecular complexity index is 1110. The lowest BCUT2D eigenvalue weighted by atomic mass is 10.0. The van der Waals surface area contributed by atoms with Crippen molar-refractivity contribution in [2.24, 2.45) is 0 Å². The molecule has 0 spiro atoms. The van der Waals surface area contributed by atoms with Crippen LogP contribution in [0.25, 0.3) is 10.9 Å². The highest BCUT2D eigenvalue weighted by Crippen LogP contribution is 2.32. The second-order valence-electron chi connectivity index (χ2n) is 7.49. The summed E-state index contributed by atoms with van der Waals surface area (Å²) < 4.78 is 15.8. The number of aromatic nitrogens is 1. The number of para-hydroxylation sites is 1. The van der Waals surface area contributed by atoms with Gasteiger partial charge in [-0.1, -0.05) is 35.9 Å². The third kappa shape index (κ3) is 4.46. The van der Waals surface area contributed by atoms with Crippen molar-refractivity contribution in [1.29, 1.82) is 0 Å². The summed E-state index contributed by atoms with van der Waals surface area (Å²) in [4.78, 5) is 28.8. The molecule has 1 aliphatic rings. The molecule has 0 bridgehead atoms. The fraction of sp³-hybridized carbons (Fsp3) is 0.304. The van der Waals surface area contributed by atoms with Crippen LogP contribution in [0.15, 0.2) is 48.7 Å². The fourth-order valence-corrected chi connectivity index (χ4v) is 4.02. The summed E-state index contributed by atoms with van der Waals surface area (Å²) >= 11 is 6.08. The van der Waals surface area contributed by atoms with Gasteiger partial charge in [0.1, 0.15) is 11.9 Å². The largest absolute Gasteiger partial charge is 0.480 e. The minimum atomic E-state index is -0.445. The van der Waals surface area contributed by atoms with Gasteiger partial charge in [-0.3, -0.25) is 0 Å². The Morgan fingerprint density at radius 1 is 1.32 bits per heavy atom. The van der Waals surface area contributed by atoms with Crippen LogP contribution in [0.3, 0.4) is 0 Å². The number of aromatic amines is 1. The molecular weight excluding hydrogens is 420 g/mol. The predicted octanol–water partition coefficient (Wildman–Crippen LogP) is 4.50. The zero-order valence-corrected chi connectivity index (χ0v) is 18.0. The summed E-state index contributed by atoms with van der Waals surface area (Å²) in [6.45, 7) is 2.30. The van der Waals surface area contributed by atoms with Crippen LogP contribution >= 0.6 is 11.6 Å². The van der Waals surface area contributed by atoms with Crippen molar-refractivity contribution in [2.75, 3.05) is 20.3 Å². The van der Waals surface area contributed by atoms with E-state index in [1.54, 1.807) is 17.0 Å². The SMILES string of the molecule is COC(=O)COc1cccc2c(C[C@@H](C)N3C[C@@H](c4cccc(Cl)c4)OC3=O)c[nH]c12. The number of carbonyl (C=O) groups excluding carboxylic acids is 2. The molecule has 0 saturated carbocycles. The molecule has 3 aromatic rings. The number of halogens is 1. The number of rotatable bonds is 7. The third-order valence-electron chi connectivity index (χ3n) is 5.44. The zero-order chi connectivity index (χ0) is 22.0. The molecule has 2 heterocycles. The molecule has 2 aromatic carbocycles. The number of hydrogen-bond donors (Lipinski definition) is 1. The summed E-state index contributed by atoms with van der Waals surface area (Å²) in [5.74, 6) is 0.127. The predicted molar refractivity (Wildman–Crippen MR) is 116 cm³/mol. The van der Waals surface area contributed by atoms with Gasteiger partial charge in [-0.25, -0.2) is 9.59 Å². The van der Waals surface area contributed by atoms with Crippen molar-refractivity contribution >= 4 is 34.6 Å². The number of nitrogens with one attached hydrogen (secondary N) is 1. The molecule has 0 radical (unpaired) electrons. The number of hydrogen-bond acceptors (Lipinski definition) is 5. The summed E-state index contributed by atoms with van der Waals surface area (Å²) in [6.07, 6.45) is 1.87. The number of carbonyl (C=O) groups is 2. The average molecular weight is 443 g/mol. The first-order chi connectivity index (χ1) is 15.0. The molecular formula is C23H23ClN2O5. The summed E-state index contributed by atoms with van der Waals surface area (Å²) in [7, 11) is 1.32. The van der Waals surface area contributed by atoms with Gasteiger partial charge in [0.15, 0.2) is 6.61 Å². The van der Waals surface area contributed by atoms with E-state index < -0.39 is 5.97 Å². The Balaban J connectivity index is 1.48. The maximum atomic E-state index is 12.5. The van der Waals surface area contributed by atoms with Gasteiger partial charge in [0.05, 0.1) is 19.2 Å². The Morgan fingerprint density at radius 3 is 2.90 bits per heavy atom. The van der Waals surface area contributed by atoms with E-state index in [0.717, 1.165) is 22.0 Å². The van der Waals surface area contributed by atoms with Crippen molar-refractivity contribution in [1.82, 2.24) is 9.88 Å². The van der Waals surface area contributed by atoms with Gasteiger partial charge in [-0.15, -0.1) is 0 Å². The number of esters is 1. The molecule has 1 fully saturated rings. The number of nitrogens with zero attached hydrogens (tertiary/aromatic N) is 1. The highest BCUT2D eigenvalue weighted by Gasteiger charge is 2.35. The lowest BCUT2D eigenvalue weighted by molar-refractivity contribution is -0.142. The number of ether oxygens (including phenoxy) is 3. The summed E-state index contributed by atoms with van der Waals surface area (Å²) in [5.41, 5.74) is 2.73. The van der Waals surface area contributed by atoms with E-state index >= 15 is 0 Å². The van der Waals surface area contributed by atoms with Crippen molar-refractivity contribution in [2.45, 2.75) is 25.5 Å². The van der Waals surface area contributed by atoms with Crippen LogP contribution < -0.4 is 4.74 Å². The van der Waals surface area contributed by atoms with Gasteiger partial charge in [0.2, 0.25) is 0 Å². The molecule has 2 atom stereocenters. The quantitative estimate of drug-likeness (QED) is 0.545. The third-order valence-corrected chi connectivity index (χ3v) is 5.68. The molecule has 162 valence electrons. The van der Waals surface area contributed by atoms with Gasteiger partial charge in [-0.2, -0.15) is 0 Å². The fourth-order valence-electron chi connectivity index (χ4n) is 3.82. The Morgan fingerprint density at radius 2 is 2.13 bits per heavy atom. The van der Waals surface area contributed by atoms with Crippen LogP contribution in [0.5, 0.6) is 5.75 Å². The van der Waals surface area contributed by atoms with E-state index in [2.05, 4.69) is 9.72 Å². The van der Waals surface area contributed by atoms with Crippen molar-refractivity contribution < 1.29 is 23.8 Å². The number of benzene rings is 2. The van der Waals surface area contributed by atoms with Gasteiger partial charge >= 0.3 is 12.1 Å². The van der Waals surface area contributed by atoms with Crippen LogP contribution in [0, 0.1) is 0 Å². The van der Waals surface area contributed by atoms with Gasteiger partial charge in [0.25, 0.3) is 0 Å². The molecule has 1 aliphatic heterocycles. The minimum Gasteiger partial charge on any atom is -0.480 e. The molecule has 4 rings (SSSR count). The van der Waals surface area contributed by atoms with Crippen LogP contribution in [0.4, 0.5) is 4.79 Å². The number of methoxy groups -OCH3 is 1. The van der Waals surface area contributed by atoms with E-state index in [9.17, 15) is 9.59 Å². The second kappa shape index (κ2) is 8.89. The molecule has 7 nitrogen and oxygen atoms in total. The molecule has 1 saturated heterocycles. The van der Waals surface area contributed by atoms with Crippen molar-refractivity contribution in [3.8, 4) is 5.75 Å². The van der Waals surface area contributed by atoms with E-state index in [4.69, 9.17) is 21.1 Å². The molecule has 8 heteroatoms. The lowest BCUT2D eigenvalue weighted by Crippen LogP contribution is -2.35. The maximum Gasteiger partial charge on any atom is 0.410 e. The van der Waals surface area contributed by atoms with Crippen LogP contribution in [0.1, 0.15) is 24.2 Å². The molecule has 1 aromatic heterocycles. The van der Waals surface area contributed by atoms with E-state index in [1.807, 2.05) is 43.5 Å². The van der Waals surface area contributed by atoms with E-state index in [0.29, 0.717) is 23.7 Å². The van der Waals surface area contributed by atoms with Crippen LogP contribution in [-0.2, 0) is 20.7 Å². The highest BCUT2D eigenvalue weighted by molar-refractivity contribution is 6.30. The number of H-pyrrole nitrogens is 1. The van der Waals surface area contributed by atoms with Gasteiger partial charge < -0.3 is 24.1 Å². The first kappa shape index (κ1) is 21.1. The Labute approximate surface area is 184 Å².